The van der Waals surface area contributed by atoms with Gasteiger partial charge in [0.2, 0.25) is 10.0 Å². The zero-order valence-electron chi connectivity index (χ0n) is 12.8. The molecule has 1 aromatic heterocycles. The van der Waals surface area contributed by atoms with Crippen molar-refractivity contribution in [2.24, 2.45) is 11.8 Å². The molecule has 1 unspecified atom stereocenters. The fourth-order valence-electron chi connectivity index (χ4n) is 3.99. The average molecular weight is 349 g/mol. The molecule has 126 valence electrons. The van der Waals surface area contributed by atoms with Crippen molar-refractivity contribution in [3.8, 4) is 0 Å². The predicted molar refractivity (Wildman–Crippen MR) is 85.1 cm³/mol. The summed E-state index contributed by atoms with van der Waals surface area (Å²) >= 11 is 0. The van der Waals surface area contributed by atoms with Crippen molar-refractivity contribution in [3.05, 3.63) is 35.9 Å². The molecule has 24 heavy (non-hydrogen) atoms. The maximum atomic E-state index is 14.1. The van der Waals surface area contributed by atoms with Crippen LogP contribution in [0.5, 0.6) is 0 Å². The van der Waals surface area contributed by atoms with E-state index in [4.69, 9.17) is 0 Å². The number of carbonyl (C=O) groups is 1. The van der Waals surface area contributed by atoms with Crippen LogP contribution in [-0.4, -0.2) is 29.5 Å². The molecular weight excluding hydrogens is 333 g/mol. The van der Waals surface area contributed by atoms with Gasteiger partial charge in [0, 0.05) is 18.5 Å². The lowest BCUT2D eigenvalue weighted by Gasteiger charge is -2.22. The number of nitrogens with zero attached hydrogens (tertiary/aromatic N) is 2. The van der Waals surface area contributed by atoms with Gasteiger partial charge in [-0.25, -0.2) is 17.5 Å². The molecular formula is C16H16FN3O3S. The number of rotatable bonds is 3. The second-order valence-corrected chi connectivity index (χ2v) is 8.47. The fourth-order valence-corrected chi connectivity index (χ4v) is 5.78. The number of sulfonamides is 1. The van der Waals surface area contributed by atoms with E-state index in [-0.39, 0.29) is 11.5 Å². The van der Waals surface area contributed by atoms with Crippen molar-refractivity contribution in [2.45, 2.75) is 30.9 Å². The first-order valence-corrected chi connectivity index (χ1v) is 9.45. The molecule has 2 saturated carbocycles. The number of fused-ring (bicyclic) bond motifs is 3. The first-order chi connectivity index (χ1) is 11.4. The van der Waals surface area contributed by atoms with E-state index in [0.717, 1.165) is 25.3 Å². The highest BCUT2D eigenvalue weighted by Crippen LogP contribution is 2.47. The second-order valence-electron chi connectivity index (χ2n) is 6.57. The van der Waals surface area contributed by atoms with Crippen LogP contribution in [0, 0.1) is 17.7 Å². The lowest BCUT2D eigenvalue weighted by molar-refractivity contribution is 0.0977. The largest absolute Gasteiger partial charge is 0.268 e. The van der Waals surface area contributed by atoms with Crippen LogP contribution >= 0.6 is 0 Å². The van der Waals surface area contributed by atoms with Gasteiger partial charge in [-0.15, -0.1) is 0 Å². The number of nitrogens with one attached hydrogen (secondary N) is 1. The molecule has 0 aliphatic heterocycles. The zero-order valence-corrected chi connectivity index (χ0v) is 13.6. The molecule has 1 aromatic carbocycles. The smallest absolute Gasteiger partial charge is 0.267 e. The molecule has 4 rings (SSSR count). The summed E-state index contributed by atoms with van der Waals surface area (Å²) in [5.74, 6) is -1.24. The Morgan fingerprint density at radius 1 is 1.12 bits per heavy atom. The predicted octanol–water partition coefficient (Wildman–Crippen LogP) is 2.02. The van der Waals surface area contributed by atoms with Gasteiger partial charge >= 0.3 is 0 Å². The molecule has 2 aliphatic carbocycles. The molecule has 0 spiro atoms. The molecule has 2 fully saturated rings. The summed E-state index contributed by atoms with van der Waals surface area (Å²) in [5, 5.41) is -0.552. The Morgan fingerprint density at radius 2 is 1.83 bits per heavy atom. The Hall–Kier alpha value is -2.09. The van der Waals surface area contributed by atoms with Crippen LogP contribution in [0.25, 0.3) is 11.0 Å². The Labute approximate surface area is 138 Å². The quantitative estimate of drug-likeness (QED) is 0.916. The van der Waals surface area contributed by atoms with E-state index < -0.39 is 27.0 Å². The van der Waals surface area contributed by atoms with E-state index in [1.54, 1.807) is 0 Å². The fraction of sp³-hybridized carbons (Fsp3) is 0.438. The zero-order chi connectivity index (χ0) is 16.9. The summed E-state index contributed by atoms with van der Waals surface area (Å²) < 4.78 is 41.2. The molecule has 1 N–H and O–H groups in total. The van der Waals surface area contributed by atoms with E-state index in [0.29, 0.717) is 23.4 Å². The number of hydrogen-bond acceptors (Lipinski definition) is 5. The van der Waals surface area contributed by atoms with Crippen molar-refractivity contribution in [1.82, 2.24) is 14.7 Å². The molecule has 6 nitrogen and oxygen atoms in total. The van der Waals surface area contributed by atoms with E-state index in [1.165, 1.54) is 18.5 Å². The second kappa shape index (κ2) is 5.47. The molecule has 3 atom stereocenters. The van der Waals surface area contributed by atoms with Gasteiger partial charge in [-0.2, -0.15) is 0 Å². The number of amides is 1. The van der Waals surface area contributed by atoms with E-state index in [1.807, 2.05) is 4.72 Å². The summed E-state index contributed by atoms with van der Waals surface area (Å²) in [6.45, 7) is 0. The minimum Gasteiger partial charge on any atom is -0.268 e. The van der Waals surface area contributed by atoms with Crippen LogP contribution in [0.15, 0.2) is 24.5 Å². The summed E-state index contributed by atoms with van der Waals surface area (Å²) in [4.78, 5) is 20.3. The first-order valence-electron chi connectivity index (χ1n) is 7.90. The van der Waals surface area contributed by atoms with E-state index >= 15 is 0 Å². The Bertz CT molecular complexity index is 931. The standard InChI is InChI=1S/C16H16FN3O3S/c17-12-8-14-13(18-3-4-19-14)7-11(12)16(21)20-24(22,23)15-6-9-1-2-10(15)5-9/h3-4,7-10,15H,1-2,5-6H2,(H,20,21)/t9-,10+,15?/m1/s1. The van der Waals surface area contributed by atoms with Crippen LogP contribution in [0.3, 0.4) is 0 Å². The molecule has 2 aromatic rings. The first kappa shape index (κ1) is 15.4. The lowest BCUT2D eigenvalue weighted by atomic mass is 10.0. The third-order valence-corrected chi connectivity index (χ3v) is 6.95. The molecule has 1 amide bonds. The van der Waals surface area contributed by atoms with Gasteiger partial charge in [-0.3, -0.25) is 14.8 Å². The van der Waals surface area contributed by atoms with Crippen LogP contribution in [0.2, 0.25) is 0 Å². The third kappa shape index (κ3) is 2.54. The number of hydrogen-bond donors (Lipinski definition) is 1. The van der Waals surface area contributed by atoms with Gasteiger partial charge in [0.05, 0.1) is 21.8 Å². The third-order valence-electron chi connectivity index (χ3n) is 5.11. The van der Waals surface area contributed by atoms with Crippen LogP contribution in [0.4, 0.5) is 4.39 Å². The summed E-state index contributed by atoms with van der Waals surface area (Å²) in [5.41, 5.74) is 0.304. The Morgan fingerprint density at radius 3 is 2.46 bits per heavy atom. The molecule has 1 heterocycles. The van der Waals surface area contributed by atoms with Crippen LogP contribution in [-0.2, 0) is 10.0 Å². The van der Waals surface area contributed by atoms with Crippen molar-refractivity contribution in [2.75, 3.05) is 0 Å². The van der Waals surface area contributed by atoms with E-state index in [9.17, 15) is 17.6 Å². The van der Waals surface area contributed by atoms with Gasteiger partial charge in [-0.05, 0) is 37.2 Å². The highest BCUT2D eigenvalue weighted by atomic mass is 32.2. The minimum absolute atomic E-state index is 0.104. The summed E-state index contributed by atoms with van der Waals surface area (Å²) in [7, 11) is -3.81. The molecule has 8 heteroatoms. The molecule has 0 saturated heterocycles. The number of benzene rings is 1. The molecule has 2 aliphatic rings. The van der Waals surface area contributed by atoms with Crippen LogP contribution in [0.1, 0.15) is 36.0 Å². The minimum atomic E-state index is -3.81. The van der Waals surface area contributed by atoms with Gasteiger partial charge in [-0.1, -0.05) is 6.42 Å². The van der Waals surface area contributed by atoms with Crippen molar-refractivity contribution in [1.29, 1.82) is 0 Å². The van der Waals surface area contributed by atoms with Crippen molar-refractivity contribution in [3.63, 3.8) is 0 Å². The monoisotopic (exact) mass is 349 g/mol. The SMILES string of the molecule is O=C(NS(=O)(=O)C1C[C@@H]2CC[C@H]1C2)c1cc2nccnc2cc1F. The van der Waals surface area contributed by atoms with Gasteiger partial charge in [0.1, 0.15) is 5.82 Å². The number of carbonyl (C=O) groups excluding carboxylic acids is 1. The topological polar surface area (TPSA) is 89.0 Å². The molecule has 2 bridgehead atoms. The maximum absolute atomic E-state index is 14.1. The van der Waals surface area contributed by atoms with Gasteiger partial charge in [0.15, 0.2) is 0 Å². The van der Waals surface area contributed by atoms with Gasteiger partial charge in [0.25, 0.3) is 5.91 Å². The summed E-state index contributed by atoms with van der Waals surface area (Å²) in [6, 6.07) is 2.31. The van der Waals surface area contributed by atoms with Gasteiger partial charge < -0.3 is 0 Å². The van der Waals surface area contributed by atoms with Crippen LogP contribution < -0.4 is 4.72 Å². The number of halogens is 1. The molecule has 0 radical (unpaired) electrons. The normalized spacial score (nSPS) is 26.0. The number of aromatic nitrogens is 2. The summed E-state index contributed by atoms with van der Waals surface area (Å²) in [6.07, 6.45) is 6.26. The Balaban J connectivity index is 1.61. The maximum Gasteiger partial charge on any atom is 0.267 e. The highest BCUT2D eigenvalue weighted by molar-refractivity contribution is 7.90. The van der Waals surface area contributed by atoms with Crippen molar-refractivity contribution >= 4 is 27.0 Å². The average Bonchev–Trinajstić information content (AvgIpc) is 3.17. The van der Waals surface area contributed by atoms with E-state index in [2.05, 4.69) is 9.97 Å². The highest BCUT2D eigenvalue weighted by Gasteiger charge is 2.46. The Kier molecular flexibility index (Phi) is 3.52. The van der Waals surface area contributed by atoms with Crippen molar-refractivity contribution < 1.29 is 17.6 Å². The lowest BCUT2D eigenvalue weighted by Crippen LogP contribution is -2.41.